The number of hydrogen-bond donors (Lipinski definition) is 1. The summed E-state index contributed by atoms with van der Waals surface area (Å²) in [6.45, 7) is 8.88. The van der Waals surface area contributed by atoms with E-state index in [1.807, 2.05) is 0 Å². The molecule has 1 heterocycles. The minimum atomic E-state index is -0.690. The van der Waals surface area contributed by atoms with E-state index in [1.54, 1.807) is 0 Å². The average Bonchev–Trinajstić information content (AvgIpc) is 2.86. The monoisotopic (exact) mass is 470 g/mol. The van der Waals surface area contributed by atoms with Crippen molar-refractivity contribution in [2.45, 2.75) is 58.2 Å². The Kier molecular flexibility index (Phi) is 8.37. The van der Waals surface area contributed by atoms with Crippen LogP contribution in [-0.4, -0.2) is 52.6 Å². The second-order valence-electron chi connectivity index (χ2n) is 9.88. The molecule has 0 bridgehead atoms. The van der Waals surface area contributed by atoms with E-state index in [2.05, 4.69) is 109 Å². The summed E-state index contributed by atoms with van der Waals surface area (Å²) >= 11 is 0. The van der Waals surface area contributed by atoms with Gasteiger partial charge >= 0.3 is 5.97 Å². The van der Waals surface area contributed by atoms with E-state index >= 15 is 0 Å². The van der Waals surface area contributed by atoms with Gasteiger partial charge in [-0.1, -0.05) is 104 Å². The standard InChI is InChI=1S/C31H38N2O2/c1-4-5-14-29(31(34)35)33-20-19-32(22-24(33)3)30(26-11-7-6-8-12-26)27-17-15-25(16-18-27)28-13-9-10-23(2)21-28/h6-13,15-18,21,24,29-30H,4-5,14,19-20,22H2,1-3H3,(H,34,35)/t24-,29?,30-/m1/s1. The molecule has 4 heteroatoms. The molecule has 1 aliphatic heterocycles. The second kappa shape index (κ2) is 11.7. The van der Waals surface area contributed by atoms with E-state index in [4.69, 9.17) is 0 Å². The minimum absolute atomic E-state index is 0.145. The van der Waals surface area contributed by atoms with Crippen molar-refractivity contribution < 1.29 is 9.90 Å². The van der Waals surface area contributed by atoms with Crippen molar-refractivity contribution in [3.05, 3.63) is 95.6 Å². The number of carboxylic acids is 1. The van der Waals surface area contributed by atoms with Crippen LogP contribution in [0, 0.1) is 6.92 Å². The third-order valence-electron chi connectivity index (χ3n) is 7.29. The Balaban J connectivity index is 1.58. The SMILES string of the molecule is CCCCC(C(=O)O)N1CCN([C@H](c2ccccc2)c2ccc(-c3cccc(C)c3)cc2)C[C@H]1C. The molecule has 0 radical (unpaired) electrons. The van der Waals surface area contributed by atoms with Gasteiger partial charge in [-0.15, -0.1) is 0 Å². The fraction of sp³-hybridized carbons (Fsp3) is 0.387. The van der Waals surface area contributed by atoms with E-state index in [0.29, 0.717) is 0 Å². The van der Waals surface area contributed by atoms with Crippen molar-refractivity contribution in [3.8, 4) is 11.1 Å². The summed E-state index contributed by atoms with van der Waals surface area (Å²) in [5, 5.41) is 9.88. The Morgan fingerprint density at radius 2 is 1.66 bits per heavy atom. The highest BCUT2D eigenvalue weighted by molar-refractivity contribution is 5.73. The number of aliphatic carboxylic acids is 1. The molecule has 4 nitrogen and oxygen atoms in total. The van der Waals surface area contributed by atoms with Gasteiger partial charge in [0.05, 0.1) is 6.04 Å². The van der Waals surface area contributed by atoms with Crippen molar-refractivity contribution in [2.75, 3.05) is 19.6 Å². The molecule has 35 heavy (non-hydrogen) atoms. The van der Waals surface area contributed by atoms with Gasteiger partial charge in [-0.05, 0) is 42.5 Å². The average molecular weight is 471 g/mol. The summed E-state index contributed by atoms with van der Waals surface area (Å²) in [4.78, 5) is 16.8. The maximum atomic E-state index is 12.0. The summed E-state index contributed by atoms with van der Waals surface area (Å²) in [7, 11) is 0. The first-order valence-corrected chi connectivity index (χ1v) is 12.9. The maximum absolute atomic E-state index is 12.0. The third-order valence-corrected chi connectivity index (χ3v) is 7.29. The number of aryl methyl sites for hydroxylation is 1. The molecular weight excluding hydrogens is 432 g/mol. The topological polar surface area (TPSA) is 43.8 Å². The highest BCUT2D eigenvalue weighted by Gasteiger charge is 2.35. The number of carbonyl (C=O) groups is 1. The van der Waals surface area contributed by atoms with Crippen LogP contribution in [-0.2, 0) is 4.79 Å². The Bertz CT molecular complexity index is 1100. The van der Waals surface area contributed by atoms with Gasteiger partial charge in [0.1, 0.15) is 6.04 Å². The number of piperazine rings is 1. The second-order valence-corrected chi connectivity index (χ2v) is 9.88. The summed E-state index contributed by atoms with van der Waals surface area (Å²) < 4.78 is 0. The first-order chi connectivity index (χ1) is 17.0. The van der Waals surface area contributed by atoms with Crippen molar-refractivity contribution in [3.63, 3.8) is 0 Å². The summed E-state index contributed by atoms with van der Waals surface area (Å²) in [5.74, 6) is -0.690. The van der Waals surface area contributed by atoms with Crippen molar-refractivity contribution in [1.29, 1.82) is 0 Å². The molecule has 1 aliphatic rings. The molecule has 1 fully saturated rings. The number of hydrogen-bond acceptors (Lipinski definition) is 3. The number of nitrogens with zero attached hydrogens (tertiary/aromatic N) is 2. The minimum Gasteiger partial charge on any atom is -0.480 e. The van der Waals surface area contributed by atoms with Gasteiger partial charge in [0.25, 0.3) is 0 Å². The van der Waals surface area contributed by atoms with Crippen LogP contribution < -0.4 is 0 Å². The van der Waals surface area contributed by atoms with Gasteiger partial charge in [-0.2, -0.15) is 0 Å². The zero-order chi connectivity index (χ0) is 24.8. The Morgan fingerprint density at radius 1 is 0.943 bits per heavy atom. The van der Waals surface area contributed by atoms with E-state index < -0.39 is 12.0 Å². The van der Waals surface area contributed by atoms with E-state index in [0.717, 1.165) is 38.9 Å². The van der Waals surface area contributed by atoms with Gasteiger partial charge < -0.3 is 5.11 Å². The molecular formula is C31H38N2O2. The Hall–Kier alpha value is -2.95. The molecule has 3 atom stereocenters. The maximum Gasteiger partial charge on any atom is 0.320 e. The summed E-state index contributed by atoms with van der Waals surface area (Å²) in [6, 6.07) is 28.2. The summed E-state index contributed by atoms with van der Waals surface area (Å²) in [5.41, 5.74) is 6.27. The molecule has 3 aromatic rings. The van der Waals surface area contributed by atoms with Gasteiger partial charge in [-0.25, -0.2) is 0 Å². The normalized spacial score (nSPS) is 18.8. The number of benzene rings is 3. The van der Waals surface area contributed by atoms with Gasteiger partial charge in [0, 0.05) is 25.7 Å². The fourth-order valence-electron chi connectivity index (χ4n) is 5.46. The molecule has 1 unspecified atom stereocenters. The molecule has 0 saturated carbocycles. The van der Waals surface area contributed by atoms with Crippen LogP contribution in [0.4, 0.5) is 0 Å². The lowest BCUT2D eigenvalue weighted by Crippen LogP contribution is -2.57. The molecule has 0 aromatic heterocycles. The number of rotatable bonds is 9. The highest BCUT2D eigenvalue weighted by atomic mass is 16.4. The van der Waals surface area contributed by atoms with Crippen LogP contribution >= 0.6 is 0 Å². The third kappa shape index (κ3) is 6.01. The highest BCUT2D eigenvalue weighted by Crippen LogP contribution is 2.33. The smallest absolute Gasteiger partial charge is 0.320 e. The van der Waals surface area contributed by atoms with Crippen molar-refractivity contribution in [1.82, 2.24) is 9.80 Å². The van der Waals surface area contributed by atoms with Crippen LogP contribution in [0.5, 0.6) is 0 Å². The lowest BCUT2D eigenvalue weighted by Gasteiger charge is -2.45. The predicted molar refractivity (Wildman–Crippen MR) is 144 cm³/mol. The zero-order valence-corrected chi connectivity index (χ0v) is 21.2. The van der Waals surface area contributed by atoms with Gasteiger partial charge in [0.15, 0.2) is 0 Å². The molecule has 0 aliphatic carbocycles. The van der Waals surface area contributed by atoms with Gasteiger partial charge in [-0.3, -0.25) is 14.6 Å². The molecule has 1 saturated heterocycles. The quantitative estimate of drug-likeness (QED) is 0.393. The number of carboxylic acid groups (broad SMARTS) is 1. The lowest BCUT2D eigenvalue weighted by atomic mass is 9.93. The predicted octanol–water partition coefficient (Wildman–Crippen LogP) is 6.40. The largest absolute Gasteiger partial charge is 0.480 e. The van der Waals surface area contributed by atoms with E-state index in [-0.39, 0.29) is 12.1 Å². The first-order valence-electron chi connectivity index (χ1n) is 12.9. The molecule has 184 valence electrons. The van der Waals surface area contributed by atoms with E-state index in [1.165, 1.54) is 27.8 Å². The Labute approximate surface area is 210 Å². The van der Waals surface area contributed by atoms with Crippen LogP contribution in [0.15, 0.2) is 78.9 Å². The molecule has 3 aromatic carbocycles. The Morgan fingerprint density at radius 3 is 2.29 bits per heavy atom. The number of unbranched alkanes of at least 4 members (excludes halogenated alkanes) is 1. The van der Waals surface area contributed by atoms with Crippen LogP contribution in [0.3, 0.4) is 0 Å². The zero-order valence-electron chi connectivity index (χ0n) is 21.2. The molecule has 1 N–H and O–H groups in total. The fourth-order valence-corrected chi connectivity index (χ4v) is 5.46. The van der Waals surface area contributed by atoms with Crippen LogP contribution in [0.25, 0.3) is 11.1 Å². The lowest BCUT2D eigenvalue weighted by molar-refractivity contribution is -0.146. The van der Waals surface area contributed by atoms with Crippen LogP contribution in [0.1, 0.15) is 55.8 Å². The van der Waals surface area contributed by atoms with Gasteiger partial charge in [0.2, 0.25) is 0 Å². The van der Waals surface area contributed by atoms with Crippen molar-refractivity contribution >= 4 is 5.97 Å². The molecule has 0 spiro atoms. The van der Waals surface area contributed by atoms with Crippen molar-refractivity contribution in [2.24, 2.45) is 0 Å². The van der Waals surface area contributed by atoms with Crippen LogP contribution in [0.2, 0.25) is 0 Å². The first kappa shape index (κ1) is 25.2. The summed E-state index contributed by atoms with van der Waals surface area (Å²) in [6.07, 6.45) is 2.69. The molecule has 4 rings (SSSR count). The van der Waals surface area contributed by atoms with E-state index in [9.17, 15) is 9.90 Å². The molecule has 0 amide bonds.